The first-order valence-corrected chi connectivity index (χ1v) is 10.2. The van der Waals surface area contributed by atoms with Crippen LogP contribution in [0.25, 0.3) is 10.8 Å². The Bertz CT molecular complexity index is 904. The molecule has 0 radical (unpaired) electrons. The fourth-order valence-corrected chi connectivity index (χ4v) is 3.21. The van der Waals surface area contributed by atoms with Crippen LogP contribution in [0.5, 0.6) is 17.2 Å². The third kappa shape index (κ3) is 5.64. The number of fused-ring (bicyclic) bond motifs is 1. The van der Waals surface area contributed by atoms with Crippen LogP contribution in [0.2, 0.25) is 0 Å². The summed E-state index contributed by atoms with van der Waals surface area (Å²) in [5, 5.41) is 2.15. The van der Waals surface area contributed by atoms with E-state index < -0.39 is 0 Å². The Balaban J connectivity index is 1.44. The standard InChI is InChI=1S/C25H30O4/c1-5-18(2)20-9-11-22(12-10-20)29-19(3)27-15-16-28-23-13-14-24-21(17-23)7-6-8-25(24)26-4/h6-14,17-19H,5,15-16H2,1-4H3. The van der Waals surface area contributed by atoms with Crippen LogP contribution in [0.15, 0.2) is 60.7 Å². The maximum atomic E-state index is 5.83. The summed E-state index contributed by atoms with van der Waals surface area (Å²) >= 11 is 0. The van der Waals surface area contributed by atoms with Crippen molar-refractivity contribution < 1.29 is 18.9 Å². The zero-order valence-corrected chi connectivity index (χ0v) is 17.7. The predicted molar refractivity (Wildman–Crippen MR) is 117 cm³/mol. The molecule has 2 unspecified atom stereocenters. The normalized spacial score (nSPS) is 13.1. The van der Waals surface area contributed by atoms with E-state index in [1.165, 1.54) is 5.56 Å². The first-order valence-electron chi connectivity index (χ1n) is 10.2. The Hall–Kier alpha value is -2.72. The zero-order valence-electron chi connectivity index (χ0n) is 17.7. The summed E-state index contributed by atoms with van der Waals surface area (Å²) in [6, 6.07) is 20.2. The van der Waals surface area contributed by atoms with Gasteiger partial charge in [-0.3, -0.25) is 0 Å². The van der Waals surface area contributed by atoms with Crippen molar-refractivity contribution in [2.45, 2.75) is 39.4 Å². The Morgan fingerprint density at radius 3 is 2.34 bits per heavy atom. The van der Waals surface area contributed by atoms with Gasteiger partial charge in [-0.15, -0.1) is 0 Å². The van der Waals surface area contributed by atoms with E-state index in [0.29, 0.717) is 19.1 Å². The van der Waals surface area contributed by atoms with Crippen LogP contribution in [0.4, 0.5) is 0 Å². The van der Waals surface area contributed by atoms with E-state index in [1.807, 2.05) is 55.5 Å². The molecule has 0 aromatic heterocycles. The van der Waals surface area contributed by atoms with Gasteiger partial charge in [0, 0.05) is 5.39 Å². The van der Waals surface area contributed by atoms with Gasteiger partial charge in [-0.2, -0.15) is 0 Å². The highest BCUT2D eigenvalue weighted by atomic mass is 16.7. The van der Waals surface area contributed by atoms with E-state index in [-0.39, 0.29) is 6.29 Å². The van der Waals surface area contributed by atoms with Crippen molar-refractivity contribution >= 4 is 10.8 Å². The third-order valence-electron chi connectivity index (χ3n) is 5.10. The Morgan fingerprint density at radius 2 is 1.62 bits per heavy atom. The summed E-state index contributed by atoms with van der Waals surface area (Å²) in [4.78, 5) is 0. The lowest BCUT2D eigenvalue weighted by Gasteiger charge is -2.17. The molecule has 0 aliphatic heterocycles. The van der Waals surface area contributed by atoms with Crippen molar-refractivity contribution in [1.82, 2.24) is 0 Å². The van der Waals surface area contributed by atoms with E-state index in [9.17, 15) is 0 Å². The SMILES string of the molecule is CCC(C)c1ccc(OC(C)OCCOc2ccc3c(OC)cccc3c2)cc1. The summed E-state index contributed by atoms with van der Waals surface area (Å²) in [6.07, 6.45) is 0.790. The largest absolute Gasteiger partial charge is 0.496 e. The Kier molecular flexibility index (Phi) is 7.36. The molecule has 0 saturated heterocycles. The molecule has 4 heteroatoms. The molecule has 0 amide bonds. The van der Waals surface area contributed by atoms with Crippen molar-refractivity contribution in [2.75, 3.05) is 20.3 Å². The van der Waals surface area contributed by atoms with Crippen LogP contribution in [-0.2, 0) is 4.74 Å². The van der Waals surface area contributed by atoms with Crippen LogP contribution >= 0.6 is 0 Å². The summed E-state index contributed by atoms with van der Waals surface area (Å²) in [5.41, 5.74) is 1.33. The molecule has 29 heavy (non-hydrogen) atoms. The van der Waals surface area contributed by atoms with Gasteiger partial charge in [-0.05, 0) is 66.6 Å². The highest BCUT2D eigenvalue weighted by Gasteiger charge is 2.07. The average Bonchev–Trinajstić information content (AvgIpc) is 2.76. The van der Waals surface area contributed by atoms with Crippen molar-refractivity contribution in [3.8, 4) is 17.2 Å². The van der Waals surface area contributed by atoms with Crippen LogP contribution in [-0.4, -0.2) is 26.6 Å². The van der Waals surface area contributed by atoms with Crippen LogP contribution in [0.1, 0.15) is 38.7 Å². The lowest BCUT2D eigenvalue weighted by Crippen LogP contribution is -2.19. The van der Waals surface area contributed by atoms with Gasteiger partial charge in [0.25, 0.3) is 0 Å². The number of ether oxygens (including phenoxy) is 4. The maximum absolute atomic E-state index is 5.83. The Labute approximate surface area is 173 Å². The predicted octanol–water partition coefficient (Wildman–Crippen LogP) is 6.18. The lowest BCUT2D eigenvalue weighted by atomic mass is 9.99. The average molecular weight is 395 g/mol. The molecule has 0 heterocycles. The number of benzene rings is 3. The van der Waals surface area contributed by atoms with Gasteiger partial charge in [0.2, 0.25) is 0 Å². The summed E-state index contributed by atoms with van der Waals surface area (Å²) in [5.74, 6) is 3.05. The van der Waals surface area contributed by atoms with E-state index >= 15 is 0 Å². The molecule has 0 N–H and O–H groups in total. The summed E-state index contributed by atoms with van der Waals surface area (Å²) < 4.78 is 22.8. The minimum absolute atomic E-state index is 0.339. The first-order chi connectivity index (χ1) is 14.1. The molecular weight excluding hydrogens is 364 g/mol. The summed E-state index contributed by atoms with van der Waals surface area (Å²) in [7, 11) is 1.68. The van der Waals surface area contributed by atoms with Crippen LogP contribution < -0.4 is 14.2 Å². The first kappa shape index (κ1) is 21.0. The van der Waals surface area contributed by atoms with Gasteiger partial charge in [0.1, 0.15) is 23.9 Å². The fourth-order valence-electron chi connectivity index (χ4n) is 3.21. The second kappa shape index (κ2) is 10.2. The van der Waals surface area contributed by atoms with Gasteiger partial charge in [-0.25, -0.2) is 0 Å². The lowest BCUT2D eigenvalue weighted by molar-refractivity contribution is -0.0739. The van der Waals surface area contributed by atoms with Gasteiger partial charge in [0.05, 0.1) is 13.7 Å². The van der Waals surface area contributed by atoms with Gasteiger partial charge >= 0.3 is 0 Å². The molecular formula is C25H30O4. The topological polar surface area (TPSA) is 36.9 Å². The molecule has 3 rings (SSSR count). The van der Waals surface area contributed by atoms with E-state index in [4.69, 9.17) is 18.9 Å². The maximum Gasteiger partial charge on any atom is 0.197 e. The van der Waals surface area contributed by atoms with Gasteiger partial charge in [-0.1, -0.05) is 38.1 Å². The molecule has 3 aromatic rings. The Morgan fingerprint density at radius 1 is 0.862 bits per heavy atom. The van der Waals surface area contributed by atoms with E-state index in [1.54, 1.807) is 7.11 Å². The van der Waals surface area contributed by atoms with Crippen molar-refractivity contribution in [3.63, 3.8) is 0 Å². The molecule has 154 valence electrons. The zero-order chi connectivity index (χ0) is 20.6. The van der Waals surface area contributed by atoms with Gasteiger partial charge in [0.15, 0.2) is 6.29 Å². The van der Waals surface area contributed by atoms with Crippen molar-refractivity contribution in [2.24, 2.45) is 0 Å². The molecule has 0 saturated carbocycles. The summed E-state index contributed by atoms with van der Waals surface area (Å²) in [6.45, 7) is 7.22. The molecule has 4 nitrogen and oxygen atoms in total. The van der Waals surface area contributed by atoms with Crippen LogP contribution in [0, 0.1) is 0 Å². The minimum atomic E-state index is -0.339. The quantitative estimate of drug-likeness (QED) is 0.304. The monoisotopic (exact) mass is 394 g/mol. The smallest absolute Gasteiger partial charge is 0.197 e. The van der Waals surface area contributed by atoms with Crippen molar-refractivity contribution in [1.29, 1.82) is 0 Å². The number of methoxy groups -OCH3 is 1. The van der Waals surface area contributed by atoms with Crippen LogP contribution in [0.3, 0.4) is 0 Å². The van der Waals surface area contributed by atoms with Crippen molar-refractivity contribution in [3.05, 3.63) is 66.2 Å². The second-order valence-electron chi connectivity index (χ2n) is 7.13. The molecule has 3 aromatic carbocycles. The number of hydrogen-bond acceptors (Lipinski definition) is 4. The minimum Gasteiger partial charge on any atom is -0.496 e. The van der Waals surface area contributed by atoms with Gasteiger partial charge < -0.3 is 18.9 Å². The molecule has 0 bridgehead atoms. The number of hydrogen-bond donors (Lipinski definition) is 0. The highest BCUT2D eigenvalue weighted by Crippen LogP contribution is 2.28. The second-order valence-corrected chi connectivity index (χ2v) is 7.13. The van der Waals surface area contributed by atoms with E-state index in [0.717, 1.165) is 34.4 Å². The molecule has 0 spiro atoms. The number of rotatable bonds is 10. The molecule has 0 aliphatic rings. The fraction of sp³-hybridized carbons (Fsp3) is 0.360. The van der Waals surface area contributed by atoms with E-state index in [2.05, 4.69) is 26.0 Å². The highest BCUT2D eigenvalue weighted by molar-refractivity contribution is 5.89. The molecule has 0 aliphatic carbocycles. The molecule has 2 atom stereocenters. The third-order valence-corrected chi connectivity index (χ3v) is 5.10. The molecule has 0 fully saturated rings.